The molecule has 0 amide bonds. The van der Waals surface area contributed by atoms with Crippen molar-refractivity contribution in [3.8, 4) is 0 Å². The number of nitrogens with two attached hydrogens (primary N) is 1. The van der Waals surface area contributed by atoms with Gasteiger partial charge < -0.3 is 11.1 Å². The van der Waals surface area contributed by atoms with Crippen LogP contribution in [0, 0.1) is 11.8 Å². The van der Waals surface area contributed by atoms with E-state index in [9.17, 15) is 0 Å². The van der Waals surface area contributed by atoms with Crippen molar-refractivity contribution >= 4 is 11.8 Å². The van der Waals surface area contributed by atoms with Gasteiger partial charge in [0.15, 0.2) is 5.96 Å². The van der Waals surface area contributed by atoms with Gasteiger partial charge in [-0.1, -0.05) is 19.9 Å². The zero-order valence-electron chi connectivity index (χ0n) is 10.4. The lowest BCUT2D eigenvalue weighted by Crippen LogP contribution is -2.23. The lowest BCUT2D eigenvalue weighted by Gasteiger charge is -2.04. The first kappa shape index (κ1) is 11.9. The Bertz CT molecular complexity index is 386. The lowest BCUT2D eigenvalue weighted by molar-refractivity contribution is 0.531. The van der Waals surface area contributed by atoms with Crippen molar-refractivity contribution in [1.82, 2.24) is 4.98 Å². The number of nitrogens with zero attached hydrogens (tertiary/aromatic N) is 2. The molecule has 2 atom stereocenters. The second-order valence-corrected chi connectivity index (χ2v) is 5.05. The Kier molecular flexibility index (Phi) is 3.61. The largest absolute Gasteiger partial charge is 0.370 e. The molecule has 0 radical (unpaired) electrons. The van der Waals surface area contributed by atoms with E-state index in [0.29, 0.717) is 12.0 Å². The molecule has 1 aromatic rings. The topological polar surface area (TPSA) is 63.3 Å². The number of anilines is 1. The van der Waals surface area contributed by atoms with E-state index in [2.05, 4.69) is 29.1 Å². The van der Waals surface area contributed by atoms with Gasteiger partial charge in [0.05, 0.1) is 6.04 Å². The highest BCUT2D eigenvalue weighted by Crippen LogP contribution is 2.38. The Morgan fingerprint density at radius 3 is 3.06 bits per heavy atom. The molecule has 1 fully saturated rings. The van der Waals surface area contributed by atoms with Crippen LogP contribution >= 0.6 is 0 Å². The number of aromatic nitrogens is 1. The predicted molar refractivity (Wildman–Crippen MR) is 70.8 cm³/mol. The molecule has 3 N–H and O–H groups in total. The van der Waals surface area contributed by atoms with Gasteiger partial charge in [-0.05, 0) is 36.8 Å². The minimum Gasteiger partial charge on any atom is -0.370 e. The van der Waals surface area contributed by atoms with Gasteiger partial charge in [-0.25, -0.2) is 9.98 Å². The van der Waals surface area contributed by atoms with Crippen LogP contribution in [-0.2, 0) is 0 Å². The van der Waals surface area contributed by atoms with Crippen LogP contribution in [0.1, 0.15) is 26.7 Å². The molecular weight excluding hydrogens is 212 g/mol. The number of rotatable bonds is 4. The molecule has 4 heteroatoms. The van der Waals surface area contributed by atoms with Gasteiger partial charge in [-0.3, -0.25) is 0 Å². The van der Waals surface area contributed by atoms with Gasteiger partial charge in [-0.2, -0.15) is 0 Å². The molecule has 4 nitrogen and oxygen atoms in total. The fourth-order valence-corrected chi connectivity index (χ4v) is 2.03. The smallest absolute Gasteiger partial charge is 0.194 e. The van der Waals surface area contributed by atoms with Gasteiger partial charge in [0.1, 0.15) is 5.82 Å². The standard InChI is InChI=1S/C13H20N4/c1-9(2)7-10-8-11(10)16-13(14)17-12-5-3-4-6-15-12/h3-6,9-11H,7-8H2,1-2H3,(H3,14,15,16,17)/t10-,11-/m1/s1. The SMILES string of the molecule is CC(C)C[C@@H]1C[C@H]1N=C(N)Nc1ccccn1. The van der Waals surface area contributed by atoms with E-state index in [1.807, 2.05) is 18.2 Å². The second-order valence-electron chi connectivity index (χ2n) is 5.05. The average Bonchev–Trinajstić information content (AvgIpc) is 2.96. The predicted octanol–water partition coefficient (Wildman–Crippen LogP) is 2.24. The van der Waals surface area contributed by atoms with E-state index in [0.717, 1.165) is 17.7 Å². The Morgan fingerprint density at radius 2 is 2.41 bits per heavy atom. The summed E-state index contributed by atoms with van der Waals surface area (Å²) in [4.78, 5) is 8.60. The number of nitrogens with one attached hydrogen (secondary N) is 1. The molecule has 1 aromatic heterocycles. The minimum atomic E-state index is 0.411. The molecule has 17 heavy (non-hydrogen) atoms. The quantitative estimate of drug-likeness (QED) is 0.618. The molecule has 0 aromatic carbocycles. The molecule has 1 aliphatic carbocycles. The van der Waals surface area contributed by atoms with Crippen LogP contribution < -0.4 is 11.1 Å². The lowest BCUT2D eigenvalue weighted by atomic mass is 10.1. The van der Waals surface area contributed by atoms with E-state index < -0.39 is 0 Å². The molecule has 92 valence electrons. The van der Waals surface area contributed by atoms with E-state index >= 15 is 0 Å². The van der Waals surface area contributed by atoms with Gasteiger partial charge in [0, 0.05) is 6.20 Å². The van der Waals surface area contributed by atoms with Gasteiger partial charge in [0.2, 0.25) is 0 Å². The summed E-state index contributed by atoms with van der Waals surface area (Å²) >= 11 is 0. The third-order valence-corrected chi connectivity index (χ3v) is 2.89. The van der Waals surface area contributed by atoms with E-state index in [1.165, 1.54) is 12.8 Å². The molecular formula is C13H20N4. The average molecular weight is 232 g/mol. The first-order valence-electron chi connectivity index (χ1n) is 6.16. The molecule has 0 bridgehead atoms. The highest BCUT2D eigenvalue weighted by molar-refractivity contribution is 5.91. The third-order valence-electron chi connectivity index (χ3n) is 2.89. The van der Waals surface area contributed by atoms with Crippen LogP contribution in [0.25, 0.3) is 0 Å². The molecule has 0 unspecified atom stereocenters. The normalized spacial score (nSPS) is 23.8. The highest BCUT2D eigenvalue weighted by Gasteiger charge is 2.37. The summed E-state index contributed by atoms with van der Waals surface area (Å²) in [7, 11) is 0. The Balaban J connectivity index is 1.83. The number of hydrogen-bond donors (Lipinski definition) is 2. The van der Waals surface area contributed by atoms with Crippen LogP contribution in [0.5, 0.6) is 0 Å². The summed E-state index contributed by atoms with van der Waals surface area (Å²) in [6.07, 6.45) is 4.14. The minimum absolute atomic E-state index is 0.411. The zero-order valence-corrected chi connectivity index (χ0v) is 10.4. The zero-order chi connectivity index (χ0) is 12.3. The van der Waals surface area contributed by atoms with Crippen LogP contribution in [0.2, 0.25) is 0 Å². The van der Waals surface area contributed by atoms with Crippen molar-refractivity contribution in [2.24, 2.45) is 22.6 Å². The Hall–Kier alpha value is -1.58. The van der Waals surface area contributed by atoms with Gasteiger partial charge >= 0.3 is 0 Å². The number of hydrogen-bond acceptors (Lipinski definition) is 2. The molecule has 2 rings (SSSR count). The van der Waals surface area contributed by atoms with Gasteiger partial charge in [-0.15, -0.1) is 0 Å². The Morgan fingerprint density at radius 1 is 1.59 bits per heavy atom. The van der Waals surface area contributed by atoms with Crippen molar-refractivity contribution in [1.29, 1.82) is 0 Å². The summed E-state index contributed by atoms with van der Waals surface area (Å²) in [5.74, 6) is 2.68. The van der Waals surface area contributed by atoms with E-state index in [1.54, 1.807) is 6.20 Å². The maximum absolute atomic E-state index is 5.84. The van der Waals surface area contributed by atoms with E-state index in [4.69, 9.17) is 5.73 Å². The molecule has 1 heterocycles. The fourth-order valence-electron chi connectivity index (χ4n) is 2.03. The van der Waals surface area contributed by atoms with Crippen LogP contribution in [-0.4, -0.2) is 17.0 Å². The number of aliphatic imine (C=N–C) groups is 1. The molecule has 0 spiro atoms. The van der Waals surface area contributed by atoms with Crippen molar-refractivity contribution in [2.45, 2.75) is 32.7 Å². The summed E-state index contributed by atoms with van der Waals surface area (Å²) in [6.45, 7) is 4.49. The summed E-state index contributed by atoms with van der Waals surface area (Å²) < 4.78 is 0. The Labute approximate surface area is 102 Å². The summed E-state index contributed by atoms with van der Waals surface area (Å²) in [6, 6.07) is 6.08. The van der Waals surface area contributed by atoms with Crippen LogP contribution in [0.4, 0.5) is 5.82 Å². The first-order chi connectivity index (χ1) is 8.15. The summed E-state index contributed by atoms with van der Waals surface area (Å²) in [5, 5.41) is 3.00. The van der Waals surface area contributed by atoms with Crippen LogP contribution in [0.15, 0.2) is 29.4 Å². The molecule has 1 saturated carbocycles. The van der Waals surface area contributed by atoms with Crippen molar-refractivity contribution in [3.05, 3.63) is 24.4 Å². The maximum atomic E-state index is 5.84. The highest BCUT2D eigenvalue weighted by atomic mass is 15.1. The molecule has 0 aliphatic heterocycles. The molecule has 1 aliphatic rings. The van der Waals surface area contributed by atoms with Crippen LogP contribution in [0.3, 0.4) is 0 Å². The second kappa shape index (κ2) is 5.17. The molecule has 0 saturated heterocycles. The first-order valence-corrected chi connectivity index (χ1v) is 6.16. The van der Waals surface area contributed by atoms with Gasteiger partial charge in [0.25, 0.3) is 0 Å². The summed E-state index contributed by atoms with van der Waals surface area (Å²) in [5.41, 5.74) is 5.84. The fraction of sp³-hybridized carbons (Fsp3) is 0.538. The monoisotopic (exact) mass is 232 g/mol. The number of guanidine groups is 1. The maximum Gasteiger partial charge on any atom is 0.194 e. The van der Waals surface area contributed by atoms with Crippen molar-refractivity contribution in [2.75, 3.05) is 5.32 Å². The van der Waals surface area contributed by atoms with Crippen molar-refractivity contribution in [3.63, 3.8) is 0 Å². The van der Waals surface area contributed by atoms with E-state index in [-0.39, 0.29) is 0 Å². The number of pyridine rings is 1. The van der Waals surface area contributed by atoms with Crippen molar-refractivity contribution < 1.29 is 0 Å². The third kappa shape index (κ3) is 3.73.